The van der Waals surface area contributed by atoms with E-state index in [9.17, 15) is 4.79 Å². The van der Waals surface area contributed by atoms with Crippen molar-refractivity contribution in [2.75, 3.05) is 0 Å². The van der Waals surface area contributed by atoms with Gasteiger partial charge < -0.3 is 10.6 Å². The average molecular weight is 307 g/mol. The van der Waals surface area contributed by atoms with Crippen molar-refractivity contribution in [1.82, 2.24) is 10.6 Å². The first-order chi connectivity index (χ1) is 10.1. The van der Waals surface area contributed by atoms with Crippen LogP contribution in [0.2, 0.25) is 5.02 Å². The maximum atomic E-state index is 12.4. The van der Waals surface area contributed by atoms with Crippen LogP contribution in [0.4, 0.5) is 0 Å². The second-order valence-corrected chi connectivity index (χ2v) is 6.82. The molecule has 1 aliphatic carbocycles. The minimum absolute atomic E-state index is 0.0131. The van der Waals surface area contributed by atoms with Crippen molar-refractivity contribution in [3.63, 3.8) is 0 Å². The van der Waals surface area contributed by atoms with Crippen LogP contribution in [0, 0.1) is 5.92 Å². The number of amides is 1. The predicted molar refractivity (Wildman–Crippen MR) is 85.3 cm³/mol. The van der Waals surface area contributed by atoms with Crippen molar-refractivity contribution in [1.29, 1.82) is 0 Å². The molecule has 0 radical (unpaired) electrons. The lowest BCUT2D eigenvalue weighted by atomic mass is 9.85. The molecule has 0 bridgehead atoms. The normalized spacial score (nSPS) is 29.7. The molecule has 3 rings (SSSR count). The van der Waals surface area contributed by atoms with Gasteiger partial charge in [0.05, 0.1) is 12.1 Å². The summed E-state index contributed by atoms with van der Waals surface area (Å²) in [6, 6.07) is 8.21. The summed E-state index contributed by atoms with van der Waals surface area (Å²) in [7, 11) is 0. The van der Waals surface area contributed by atoms with Crippen LogP contribution >= 0.6 is 11.6 Å². The summed E-state index contributed by atoms with van der Waals surface area (Å²) in [5.41, 5.74) is 1.09. The molecule has 3 nitrogen and oxygen atoms in total. The van der Waals surface area contributed by atoms with Gasteiger partial charge in [0, 0.05) is 11.1 Å². The Kier molecular flexibility index (Phi) is 4.51. The maximum Gasteiger partial charge on any atom is 0.237 e. The number of nitrogens with one attached hydrogen (secondary N) is 2. The molecule has 2 fully saturated rings. The number of fused-ring (bicyclic) bond motifs is 1. The number of carbonyl (C=O) groups excluding carboxylic acids is 1. The average Bonchev–Trinajstić information content (AvgIpc) is 2.92. The van der Waals surface area contributed by atoms with Crippen LogP contribution in [-0.4, -0.2) is 18.0 Å². The molecule has 4 heteroatoms. The molecule has 2 aliphatic rings. The van der Waals surface area contributed by atoms with Crippen LogP contribution in [0.25, 0.3) is 0 Å². The largest absolute Gasteiger partial charge is 0.348 e. The highest BCUT2D eigenvalue weighted by Gasteiger charge is 2.38. The molecule has 4 atom stereocenters. The molecule has 2 N–H and O–H groups in total. The summed E-state index contributed by atoms with van der Waals surface area (Å²) < 4.78 is 0. The van der Waals surface area contributed by atoms with Crippen LogP contribution in [0.1, 0.15) is 50.6 Å². The predicted octanol–water partition coefficient (Wildman–Crippen LogP) is 3.44. The van der Waals surface area contributed by atoms with E-state index < -0.39 is 0 Å². The second-order valence-electron chi connectivity index (χ2n) is 6.39. The fraction of sp³-hybridized carbons (Fsp3) is 0.588. The Morgan fingerprint density at radius 2 is 2.00 bits per heavy atom. The Hall–Kier alpha value is -1.06. The summed E-state index contributed by atoms with van der Waals surface area (Å²) in [5.74, 6) is 0.826. The van der Waals surface area contributed by atoms with E-state index in [0.29, 0.717) is 12.0 Å². The molecular formula is C17H23ClN2O. The van der Waals surface area contributed by atoms with Crippen LogP contribution in [0.5, 0.6) is 0 Å². The monoisotopic (exact) mass is 306 g/mol. The van der Waals surface area contributed by atoms with Gasteiger partial charge in [-0.15, -0.1) is 0 Å². The highest BCUT2D eigenvalue weighted by atomic mass is 35.5. The maximum absolute atomic E-state index is 12.4. The van der Waals surface area contributed by atoms with Crippen molar-refractivity contribution in [2.45, 2.75) is 57.2 Å². The van der Waals surface area contributed by atoms with Crippen molar-refractivity contribution in [3.8, 4) is 0 Å². The van der Waals surface area contributed by atoms with Crippen molar-refractivity contribution in [3.05, 3.63) is 34.9 Å². The molecule has 1 aromatic rings. The third-order valence-corrected chi connectivity index (χ3v) is 5.16. The van der Waals surface area contributed by atoms with E-state index in [1.165, 1.54) is 25.7 Å². The zero-order valence-electron chi connectivity index (χ0n) is 12.4. The van der Waals surface area contributed by atoms with Gasteiger partial charge in [-0.1, -0.05) is 36.6 Å². The van der Waals surface area contributed by atoms with E-state index in [1.807, 2.05) is 31.2 Å². The van der Waals surface area contributed by atoms with E-state index >= 15 is 0 Å². The number of rotatable bonds is 3. The smallest absolute Gasteiger partial charge is 0.237 e. The van der Waals surface area contributed by atoms with Crippen molar-refractivity contribution in [2.24, 2.45) is 5.92 Å². The number of hydrogen-bond donors (Lipinski definition) is 2. The summed E-state index contributed by atoms with van der Waals surface area (Å²) >= 11 is 5.90. The fourth-order valence-corrected chi connectivity index (χ4v) is 3.80. The Balaban J connectivity index is 1.57. The molecule has 1 heterocycles. The first-order valence-electron chi connectivity index (χ1n) is 7.95. The zero-order valence-corrected chi connectivity index (χ0v) is 13.2. The summed E-state index contributed by atoms with van der Waals surface area (Å²) in [6.07, 6.45) is 6.10. The minimum Gasteiger partial charge on any atom is -0.348 e. The van der Waals surface area contributed by atoms with Crippen LogP contribution in [-0.2, 0) is 4.79 Å². The van der Waals surface area contributed by atoms with Gasteiger partial charge in [-0.05, 0) is 49.8 Å². The molecule has 1 aliphatic heterocycles. The van der Waals surface area contributed by atoms with E-state index in [2.05, 4.69) is 10.6 Å². The first kappa shape index (κ1) is 14.9. The van der Waals surface area contributed by atoms with Gasteiger partial charge >= 0.3 is 0 Å². The Morgan fingerprint density at radius 3 is 2.71 bits per heavy atom. The highest BCUT2D eigenvalue weighted by Crippen LogP contribution is 2.33. The van der Waals surface area contributed by atoms with Gasteiger partial charge in [0.25, 0.3) is 0 Å². The quantitative estimate of drug-likeness (QED) is 0.898. The molecule has 1 amide bonds. The lowest BCUT2D eigenvalue weighted by Crippen LogP contribution is -2.43. The molecule has 21 heavy (non-hydrogen) atoms. The lowest BCUT2D eigenvalue weighted by molar-refractivity contribution is -0.123. The summed E-state index contributed by atoms with van der Waals surface area (Å²) in [4.78, 5) is 12.4. The molecule has 1 saturated carbocycles. The van der Waals surface area contributed by atoms with E-state index in [4.69, 9.17) is 11.6 Å². The van der Waals surface area contributed by atoms with Gasteiger partial charge in [-0.25, -0.2) is 0 Å². The van der Waals surface area contributed by atoms with Gasteiger partial charge in [0.15, 0.2) is 0 Å². The van der Waals surface area contributed by atoms with Crippen LogP contribution < -0.4 is 10.6 Å². The standard InChI is InChI=1S/C17H23ClN2O/c1-11(12-6-8-14(18)9-7-12)19-17(21)16-10-13-4-2-3-5-15(13)20-16/h6-9,11,13,15-16,20H,2-5,10H2,1H3,(H,19,21)/t11-,13?,15?,16?/m1/s1. The molecule has 114 valence electrons. The van der Waals surface area contributed by atoms with Crippen LogP contribution in [0.15, 0.2) is 24.3 Å². The third kappa shape index (κ3) is 3.41. The number of halogens is 1. The van der Waals surface area contributed by atoms with Crippen molar-refractivity contribution < 1.29 is 4.79 Å². The molecule has 0 spiro atoms. The zero-order chi connectivity index (χ0) is 14.8. The van der Waals surface area contributed by atoms with Gasteiger partial charge in [0.1, 0.15) is 0 Å². The third-order valence-electron chi connectivity index (χ3n) is 4.91. The topological polar surface area (TPSA) is 41.1 Å². The number of carbonyl (C=O) groups is 1. The Bertz CT molecular complexity index is 488. The van der Waals surface area contributed by atoms with E-state index in [0.717, 1.165) is 17.0 Å². The first-order valence-corrected chi connectivity index (χ1v) is 8.33. The van der Waals surface area contributed by atoms with Crippen molar-refractivity contribution >= 4 is 17.5 Å². The van der Waals surface area contributed by atoms with Crippen LogP contribution in [0.3, 0.4) is 0 Å². The van der Waals surface area contributed by atoms with E-state index in [1.54, 1.807) is 0 Å². The molecule has 0 aromatic heterocycles. The van der Waals surface area contributed by atoms with Gasteiger partial charge in [0.2, 0.25) is 5.91 Å². The Morgan fingerprint density at radius 1 is 1.29 bits per heavy atom. The summed E-state index contributed by atoms with van der Waals surface area (Å²) in [6.45, 7) is 2.02. The minimum atomic E-state index is -0.0205. The SMILES string of the molecule is C[C@@H](NC(=O)C1CC2CCCCC2N1)c1ccc(Cl)cc1. The number of benzene rings is 1. The fourth-order valence-electron chi connectivity index (χ4n) is 3.67. The molecule has 3 unspecified atom stereocenters. The number of hydrogen-bond acceptors (Lipinski definition) is 2. The highest BCUT2D eigenvalue weighted by molar-refractivity contribution is 6.30. The molecule has 1 saturated heterocycles. The second kappa shape index (κ2) is 6.37. The lowest BCUT2D eigenvalue weighted by Gasteiger charge is -2.24. The Labute approximate surface area is 131 Å². The molecular weight excluding hydrogens is 284 g/mol. The van der Waals surface area contributed by atoms with Gasteiger partial charge in [-0.3, -0.25) is 4.79 Å². The van der Waals surface area contributed by atoms with E-state index in [-0.39, 0.29) is 18.0 Å². The molecule has 1 aromatic carbocycles. The van der Waals surface area contributed by atoms with Gasteiger partial charge in [-0.2, -0.15) is 0 Å². The summed E-state index contributed by atoms with van der Waals surface area (Å²) in [5, 5.41) is 7.37.